The van der Waals surface area contributed by atoms with E-state index in [9.17, 15) is 10.1 Å². The Kier molecular flexibility index (Phi) is 10.3. The molecule has 0 atom stereocenters. The van der Waals surface area contributed by atoms with E-state index in [0.717, 1.165) is 36.3 Å². The van der Waals surface area contributed by atoms with Gasteiger partial charge in [0.25, 0.3) is 5.69 Å². The quantitative estimate of drug-likeness (QED) is 0.130. The molecule has 0 unspecified atom stereocenters. The Labute approximate surface area is 182 Å². The Balaban J connectivity index is 0.00000392. The van der Waals surface area contributed by atoms with Crippen molar-refractivity contribution in [1.82, 2.24) is 0 Å². The van der Waals surface area contributed by atoms with E-state index in [1.54, 1.807) is 12.1 Å². The summed E-state index contributed by atoms with van der Waals surface area (Å²) in [6.45, 7) is 4.59. The van der Waals surface area contributed by atoms with E-state index in [1.807, 2.05) is 38.1 Å². The van der Waals surface area contributed by atoms with Crippen molar-refractivity contribution in [2.45, 2.75) is 39.2 Å². The average molecular weight is 498 g/mol. The van der Waals surface area contributed by atoms with Crippen LogP contribution < -0.4 is 15.8 Å². The van der Waals surface area contributed by atoms with Crippen molar-refractivity contribution < 1.29 is 9.66 Å². The van der Waals surface area contributed by atoms with Gasteiger partial charge in [0.05, 0.1) is 11.0 Å². The number of guanidine groups is 1. The van der Waals surface area contributed by atoms with Crippen molar-refractivity contribution >= 4 is 41.3 Å². The first-order chi connectivity index (χ1) is 12.9. The second kappa shape index (κ2) is 12.2. The van der Waals surface area contributed by atoms with Crippen molar-refractivity contribution in [2.75, 3.05) is 11.9 Å². The summed E-state index contributed by atoms with van der Waals surface area (Å²) in [4.78, 5) is 14.6. The molecule has 7 nitrogen and oxygen atoms in total. The van der Waals surface area contributed by atoms with E-state index in [-0.39, 0.29) is 40.7 Å². The van der Waals surface area contributed by atoms with E-state index in [0.29, 0.717) is 12.5 Å². The van der Waals surface area contributed by atoms with Gasteiger partial charge in [-0.2, -0.15) is 0 Å². The number of ether oxygens (including phenoxy) is 1. The second-order valence-electron chi connectivity index (χ2n) is 6.46. The topological polar surface area (TPSA) is 103 Å². The maximum atomic E-state index is 10.6. The molecule has 0 aliphatic rings. The number of non-ortho nitro benzene ring substituents is 1. The van der Waals surface area contributed by atoms with Gasteiger partial charge >= 0.3 is 0 Å². The van der Waals surface area contributed by atoms with Gasteiger partial charge in [-0.05, 0) is 62.9 Å². The Hall–Kier alpha value is -2.36. The molecule has 8 heteroatoms. The third kappa shape index (κ3) is 8.55. The molecule has 0 amide bonds. The lowest BCUT2D eigenvalue weighted by Gasteiger charge is -2.11. The van der Waals surface area contributed by atoms with Gasteiger partial charge in [0, 0.05) is 24.4 Å². The Morgan fingerprint density at radius 1 is 1.14 bits per heavy atom. The van der Waals surface area contributed by atoms with Crippen LogP contribution in [0.25, 0.3) is 0 Å². The molecule has 0 aliphatic carbocycles. The van der Waals surface area contributed by atoms with E-state index < -0.39 is 0 Å². The summed E-state index contributed by atoms with van der Waals surface area (Å²) in [5.74, 6) is 1.19. The lowest BCUT2D eigenvalue weighted by Crippen LogP contribution is -2.22. The van der Waals surface area contributed by atoms with E-state index in [4.69, 9.17) is 10.5 Å². The van der Waals surface area contributed by atoms with Crippen molar-refractivity contribution in [3.8, 4) is 5.75 Å². The van der Waals surface area contributed by atoms with Crippen LogP contribution in [0, 0.1) is 10.1 Å². The molecule has 0 spiro atoms. The number of halogens is 1. The number of hydrogen-bond donors (Lipinski definition) is 2. The highest BCUT2D eigenvalue weighted by Crippen LogP contribution is 2.17. The number of nitrogens with one attached hydrogen (secondary N) is 1. The number of nitrogens with two attached hydrogens (primary N) is 1. The first kappa shape index (κ1) is 23.7. The number of anilines is 1. The minimum atomic E-state index is -0.390. The number of unbranched alkanes of at least 4 members (excludes halogenated alkanes) is 1. The van der Waals surface area contributed by atoms with Crippen LogP contribution in [0.5, 0.6) is 5.75 Å². The van der Waals surface area contributed by atoms with Crippen LogP contribution in [0.1, 0.15) is 32.3 Å². The molecular formula is C20H27IN4O3. The molecule has 0 saturated heterocycles. The number of nitro benzene ring substituents is 1. The van der Waals surface area contributed by atoms with Crippen LogP contribution in [-0.4, -0.2) is 23.5 Å². The minimum Gasteiger partial charge on any atom is -0.491 e. The highest BCUT2D eigenvalue weighted by atomic mass is 127. The first-order valence-corrected chi connectivity index (χ1v) is 9.01. The molecule has 0 aliphatic heterocycles. The minimum absolute atomic E-state index is 0. The van der Waals surface area contributed by atoms with E-state index in [1.165, 1.54) is 12.1 Å². The Morgan fingerprint density at radius 3 is 2.36 bits per heavy atom. The third-order valence-electron chi connectivity index (χ3n) is 3.80. The van der Waals surface area contributed by atoms with Crippen LogP contribution in [0.3, 0.4) is 0 Å². The number of aryl methyl sites for hydroxylation is 1. The summed E-state index contributed by atoms with van der Waals surface area (Å²) in [6.07, 6.45) is 2.83. The predicted octanol–water partition coefficient (Wildman–Crippen LogP) is 4.75. The summed E-state index contributed by atoms with van der Waals surface area (Å²) < 4.78 is 5.60. The summed E-state index contributed by atoms with van der Waals surface area (Å²) in [6, 6.07) is 14.2. The van der Waals surface area contributed by atoms with Crippen molar-refractivity contribution in [2.24, 2.45) is 10.7 Å². The zero-order chi connectivity index (χ0) is 19.6. The standard InChI is InChI=1S/C20H26N4O3.HI/c1-15(2)27-19-12-8-17(9-13-19)23-20(21)22-14-4-3-5-16-6-10-18(11-7-16)24(25)26;/h6-13,15H,3-5,14H2,1-2H3,(H3,21,22,23);1H. The van der Waals surface area contributed by atoms with Crippen molar-refractivity contribution in [3.05, 3.63) is 64.2 Å². The van der Waals surface area contributed by atoms with Gasteiger partial charge in [-0.3, -0.25) is 15.1 Å². The summed E-state index contributed by atoms with van der Waals surface area (Å²) in [7, 11) is 0. The van der Waals surface area contributed by atoms with Gasteiger partial charge in [0.15, 0.2) is 5.96 Å². The molecule has 0 fully saturated rings. The van der Waals surface area contributed by atoms with Crippen LogP contribution in [0.2, 0.25) is 0 Å². The molecule has 0 heterocycles. The van der Waals surface area contributed by atoms with Crippen LogP contribution in [0.4, 0.5) is 11.4 Å². The molecule has 28 heavy (non-hydrogen) atoms. The largest absolute Gasteiger partial charge is 0.491 e. The van der Waals surface area contributed by atoms with Gasteiger partial charge in [-0.25, -0.2) is 0 Å². The lowest BCUT2D eigenvalue weighted by molar-refractivity contribution is -0.384. The predicted molar refractivity (Wildman–Crippen MR) is 124 cm³/mol. The average Bonchev–Trinajstić information content (AvgIpc) is 2.63. The zero-order valence-corrected chi connectivity index (χ0v) is 18.5. The molecule has 0 saturated carbocycles. The highest BCUT2D eigenvalue weighted by Gasteiger charge is 2.03. The van der Waals surface area contributed by atoms with Crippen LogP contribution in [-0.2, 0) is 6.42 Å². The molecule has 2 aromatic rings. The Morgan fingerprint density at radius 2 is 1.79 bits per heavy atom. The van der Waals surface area contributed by atoms with E-state index >= 15 is 0 Å². The Bertz CT molecular complexity index is 762. The fraction of sp³-hybridized carbons (Fsp3) is 0.350. The highest BCUT2D eigenvalue weighted by molar-refractivity contribution is 14.0. The number of nitrogens with zero attached hydrogens (tertiary/aromatic N) is 2. The number of rotatable bonds is 9. The van der Waals surface area contributed by atoms with Gasteiger partial charge in [0.1, 0.15) is 5.75 Å². The molecule has 0 aromatic heterocycles. The van der Waals surface area contributed by atoms with Crippen LogP contribution in [0.15, 0.2) is 53.5 Å². The lowest BCUT2D eigenvalue weighted by atomic mass is 10.1. The van der Waals surface area contributed by atoms with Crippen molar-refractivity contribution in [3.63, 3.8) is 0 Å². The van der Waals surface area contributed by atoms with Crippen LogP contribution >= 0.6 is 24.0 Å². The van der Waals surface area contributed by atoms with Gasteiger partial charge in [0.2, 0.25) is 0 Å². The fourth-order valence-electron chi connectivity index (χ4n) is 2.50. The molecule has 2 rings (SSSR count). The molecule has 0 radical (unpaired) electrons. The smallest absolute Gasteiger partial charge is 0.269 e. The molecular weight excluding hydrogens is 471 g/mol. The maximum Gasteiger partial charge on any atom is 0.269 e. The monoisotopic (exact) mass is 498 g/mol. The van der Waals surface area contributed by atoms with Crippen molar-refractivity contribution in [1.29, 1.82) is 0 Å². The van der Waals surface area contributed by atoms with Gasteiger partial charge < -0.3 is 15.8 Å². The zero-order valence-electron chi connectivity index (χ0n) is 16.1. The van der Waals surface area contributed by atoms with Gasteiger partial charge in [-0.15, -0.1) is 24.0 Å². The molecule has 2 aromatic carbocycles. The number of benzene rings is 2. The number of aliphatic imine (C=N–C) groups is 1. The SMILES string of the molecule is CC(C)Oc1ccc(NC(N)=NCCCCc2ccc([N+](=O)[O-])cc2)cc1.I. The van der Waals surface area contributed by atoms with Gasteiger partial charge in [-0.1, -0.05) is 12.1 Å². The summed E-state index contributed by atoms with van der Waals surface area (Å²) in [5.41, 5.74) is 7.97. The summed E-state index contributed by atoms with van der Waals surface area (Å²) >= 11 is 0. The number of nitro groups is 1. The fourth-order valence-corrected chi connectivity index (χ4v) is 2.50. The number of hydrogen-bond acceptors (Lipinski definition) is 4. The molecule has 0 bridgehead atoms. The summed E-state index contributed by atoms with van der Waals surface area (Å²) in [5, 5.41) is 13.7. The second-order valence-corrected chi connectivity index (χ2v) is 6.46. The molecule has 3 N–H and O–H groups in total. The van der Waals surface area contributed by atoms with E-state index in [2.05, 4.69) is 10.3 Å². The maximum absolute atomic E-state index is 10.6. The normalized spacial score (nSPS) is 11.0. The first-order valence-electron chi connectivity index (χ1n) is 9.01. The third-order valence-corrected chi connectivity index (χ3v) is 3.80. The molecule has 152 valence electrons.